The normalized spacial score (nSPS) is 20.2. The molecule has 8 heteroatoms. The number of anilines is 3. The minimum absolute atomic E-state index is 0.303. The Hall–Kier alpha value is -3.81. The average Bonchev–Trinajstić information content (AvgIpc) is 3.45. The highest BCUT2D eigenvalue weighted by Gasteiger charge is 2.26. The van der Waals surface area contributed by atoms with Crippen LogP contribution >= 0.6 is 0 Å². The van der Waals surface area contributed by atoms with E-state index in [2.05, 4.69) is 31.2 Å². The Morgan fingerprint density at radius 2 is 1.87 bits per heavy atom. The van der Waals surface area contributed by atoms with E-state index in [0.717, 1.165) is 36.3 Å². The van der Waals surface area contributed by atoms with Gasteiger partial charge in [0, 0.05) is 30.0 Å². The molecule has 3 heterocycles. The van der Waals surface area contributed by atoms with Gasteiger partial charge in [-0.1, -0.05) is 18.2 Å². The number of hydrogen-bond acceptors (Lipinski definition) is 8. The van der Waals surface area contributed by atoms with Crippen LogP contribution in [0.3, 0.4) is 0 Å². The number of aromatic nitrogens is 3. The van der Waals surface area contributed by atoms with Crippen LogP contribution in [0, 0.1) is 0 Å². The van der Waals surface area contributed by atoms with Crippen molar-refractivity contribution in [2.75, 3.05) is 15.6 Å². The molecule has 1 aliphatic heterocycles. The van der Waals surface area contributed by atoms with Gasteiger partial charge in [0.1, 0.15) is 5.82 Å². The van der Waals surface area contributed by atoms with E-state index in [9.17, 15) is 0 Å². The predicted octanol–water partition coefficient (Wildman–Crippen LogP) is 3.93. The van der Waals surface area contributed by atoms with E-state index in [0.29, 0.717) is 23.9 Å². The first-order chi connectivity index (χ1) is 14.8. The van der Waals surface area contributed by atoms with Crippen molar-refractivity contribution in [1.82, 2.24) is 20.6 Å². The number of nitrogens with one attached hydrogen (secondary N) is 3. The molecule has 3 N–H and O–H groups in total. The quantitative estimate of drug-likeness (QED) is 0.572. The Morgan fingerprint density at radius 3 is 2.63 bits per heavy atom. The smallest absolute Gasteiger partial charge is 0.263 e. The summed E-state index contributed by atoms with van der Waals surface area (Å²) in [6.45, 7) is 0. The third-order valence-corrected chi connectivity index (χ3v) is 5.25. The maximum atomic E-state index is 5.38. The Balaban J connectivity index is 1.14. The summed E-state index contributed by atoms with van der Waals surface area (Å²) >= 11 is 0. The van der Waals surface area contributed by atoms with Gasteiger partial charge in [-0.2, -0.15) is 4.98 Å². The number of rotatable bonds is 6. The molecule has 8 nitrogen and oxygen atoms in total. The lowest BCUT2D eigenvalue weighted by atomic mass is 10.2. The van der Waals surface area contributed by atoms with Gasteiger partial charge in [0.15, 0.2) is 0 Å². The van der Waals surface area contributed by atoms with Crippen LogP contribution in [0.2, 0.25) is 0 Å². The maximum absolute atomic E-state index is 5.38. The standard InChI is InChI=1S/C22H23N7O/c1-2-6-16(7-3-1)21-27-22(28-30-21)26-18-9-8-17(14-18)25-20-11-10-19(15-23-20)29-13-5-4-12-24-29/h1-7,10-13,15,17-18,24H,8-9,14H2,(H,23,25)(H,26,28)/t17-,18-/m0/s1. The van der Waals surface area contributed by atoms with Crippen LogP contribution in [0.4, 0.5) is 17.5 Å². The van der Waals surface area contributed by atoms with E-state index >= 15 is 0 Å². The van der Waals surface area contributed by atoms with Gasteiger partial charge in [0.05, 0.1) is 11.9 Å². The fourth-order valence-corrected chi connectivity index (χ4v) is 3.75. The highest BCUT2D eigenvalue weighted by Crippen LogP contribution is 2.26. The SMILES string of the molecule is C1=CNN(c2ccc(N[C@H]3CC[C@H](Nc4noc(-c5ccccc5)n4)C3)nc2)C=C1. The number of hydrazine groups is 1. The third-order valence-electron chi connectivity index (χ3n) is 5.25. The van der Waals surface area contributed by atoms with Crippen LogP contribution in [-0.2, 0) is 0 Å². The van der Waals surface area contributed by atoms with Crippen molar-refractivity contribution < 1.29 is 4.52 Å². The van der Waals surface area contributed by atoms with E-state index in [1.54, 1.807) is 0 Å². The summed E-state index contributed by atoms with van der Waals surface area (Å²) in [4.78, 5) is 9.02. The molecule has 0 unspecified atom stereocenters. The van der Waals surface area contributed by atoms with Crippen LogP contribution in [0.15, 0.2) is 77.7 Å². The second-order valence-corrected chi connectivity index (χ2v) is 7.39. The first-order valence-electron chi connectivity index (χ1n) is 10.1. The Bertz CT molecular complexity index is 1030. The molecule has 3 aromatic rings. The zero-order valence-electron chi connectivity index (χ0n) is 16.4. The molecule has 0 spiro atoms. The predicted molar refractivity (Wildman–Crippen MR) is 117 cm³/mol. The van der Waals surface area contributed by atoms with Gasteiger partial charge in [-0.25, -0.2) is 4.98 Å². The first kappa shape index (κ1) is 18.2. The van der Waals surface area contributed by atoms with Crippen molar-refractivity contribution in [1.29, 1.82) is 0 Å². The molecule has 0 amide bonds. The van der Waals surface area contributed by atoms with Crippen LogP contribution in [0.5, 0.6) is 0 Å². The molecular weight excluding hydrogens is 378 g/mol. The van der Waals surface area contributed by atoms with Crippen LogP contribution < -0.4 is 21.1 Å². The summed E-state index contributed by atoms with van der Waals surface area (Å²) in [5, 5.41) is 12.9. The molecule has 152 valence electrons. The van der Waals surface area contributed by atoms with Crippen molar-refractivity contribution in [3.8, 4) is 11.5 Å². The van der Waals surface area contributed by atoms with Crippen molar-refractivity contribution >= 4 is 17.5 Å². The molecule has 1 aromatic carbocycles. The van der Waals surface area contributed by atoms with Gasteiger partial charge in [-0.05, 0) is 60.8 Å². The highest BCUT2D eigenvalue weighted by atomic mass is 16.5. The lowest BCUT2D eigenvalue weighted by molar-refractivity contribution is 0.431. The first-order valence-corrected chi connectivity index (χ1v) is 10.1. The zero-order chi connectivity index (χ0) is 20.2. The molecule has 1 fully saturated rings. The monoisotopic (exact) mass is 401 g/mol. The van der Waals surface area contributed by atoms with E-state index in [1.807, 2.05) is 78.2 Å². The molecule has 2 aliphatic rings. The number of allylic oxidation sites excluding steroid dienone is 2. The van der Waals surface area contributed by atoms with Crippen molar-refractivity contribution in [2.45, 2.75) is 31.3 Å². The minimum Gasteiger partial charge on any atom is -0.367 e. The highest BCUT2D eigenvalue weighted by molar-refractivity contribution is 5.54. The van der Waals surface area contributed by atoms with Gasteiger partial charge in [0.25, 0.3) is 11.8 Å². The number of pyridine rings is 1. The molecular formula is C22H23N7O. The molecule has 0 saturated heterocycles. The summed E-state index contributed by atoms with van der Waals surface area (Å²) in [5.41, 5.74) is 5.05. The summed E-state index contributed by atoms with van der Waals surface area (Å²) in [6, 6.07) is 14.5. The van der Waals surface area contributed by atoms with Crippen LogP contribution in [-0.4, -0.2) is 27.2 Å². The maximum Gasteiger partial charge on any atom is 0.263 e. The molecule has 1 saturated carbocycles. The molecule has 1 aliphatic carbocycles. The molecule has 2 aromatic heterocycles. The zero-order valence-corrected chi connectivity index (χ0v) is 16.4. The number of benzene rings is 1. The summed E-state index contributed by atoms with van der Waals surface area (Å²) in [5.74, 6) is 1.95. The van der Waals surface area contributed by atoms with Gasteiger partial charge in [0.2, 0.25) is 0 Å². The average molecular weight is 401 g/mol. The van der Waals surface area contributed by atoms with Crippen molar-refractivity contribution in [2.24, 2.45) is 0 Å². The second kappa shape index (κ2) is 8.28. The largest absolute Gasteiger partial charge is 0.367 e. The van der Waals surface area contributed by atoms with Gasteiger partial charge in [-0.3, -0.25) is 5.01 Å². The minimum atomic E-state index is 0.303. The molecule has 5 rings (SSSR count). The molecule has 0 radical (unpaired) electrons. The van der Waals surface area contributed by atoms with E-state index in [-0.39, 0.29) is 0 Å². The lowest BCUT2D eigenvalue weighted by Crippen LogP contribution is -2.30. The van der Waals surface area contributed by atoms with Crippen LogP contribution in [0.1, 0.15) is 19.3 Å². The molecule has 30 heavy (non-hydrogen) atoms. The summed E-state index contributed by atoms with van der Waals surface area (Å²) in [7, 11) is 0. The summed E-state index contributed by atoms with van der Waals surface area (Å²) in [6.07, 6.45) is 12.7. The van der Waals surface area contributed by atoms with Gasteiger partial charge >= 0.3 is 0 Å². The van der Waals surface area contributed by atoms with E-state index < -0.39 is 0 Å². The molecule has 2 atom stereocenters. The van der Waals surface area contributed by atoms with Crippen molar-refractivity contribution in [3.05, 3.63) is 73.2 Å². The lowest BCUT2D eigenvalue weighted by Gasteiger charge is -2.22. The van der Waals surface area contributed by atoms with Gasteiger partial charge < -0.3 is 20.6 Å². The topological polar surface area (TPSA) is 91.1 Å². The molecule has 0 bridgehead atoms. The van der Waals surface area contributed by atoms with Crippen LogP contribution in [0.25, 0.3) is 11.5 Å². The van der Waals surface area contributed by atoms with Crippen molar-refractivity contribution in [3.63, 3.8) is 0 Å². The number of nitrogens with zero attached hydrogens (tertiary/aromatic N) is 4. The number of hydrogen-bond donors (Lipinski definition) is 3. The Kier molecular flexibility index (Phi) is 5.03. The van der Waals surface area contributed by atoms with E-state index in [1.165, 1.54) is 0 Å². The second-order valence-electron chi connectivity index (χ2n) is 7.39. The fraction of sp³-hybridized carbons (Fsp3) is 0.227. The third kappa shape index (κ3) is 4.12. The Labute approximate surface area is 174 Å². The van der Waals surface area contributed by atoms with Gasteiger partial charge in [-0.15, -0.1) is 0 Å². The van der Waals surface area contributed by atoms with E-state index in [4.69, 9.17) is 4.52 Å². The Morgan fingerprint density at radius 1 is 1.00 bits per heavy atom. The summed E-state index contributed by atoms with van der Waals surface area (Å²) < 4.78 is 5.38. The fourth-order valence-electron chi connectivity index (χ4n) is 3.75.